The van der Waals surface area contributed by atoms with Gasteiger partial charge in [0.1, 0.15) is 18.1 Å². The third-order valence-electron chi connectivity index (χ3n) is 5.44. The van der Waals surface area contributed by atoms with E-state index in [0.717, 1.165) is 37.3 Å². The molecular formula is C23H28N4O4. The average Bonchev–Trinajstić information content (AvgIpc) is 3.29. The van der Waals surface area contributed by atoms with Crippen molar-refractivity contribution >= 4 is 11.6 Å². The fourth-order valence-electron chi connectivity index (χ4n) is 3.74. The second-order valence-electron chi connectivity index (χ2n) is 7.90. The van der Waals surface area contributed by atoms with Crippen LogP contribution in [-0.2, 0) is 11.3 Å². The Bertz CT molecular complexity index is 1050. The maximum absolute atomic E-state index is 13.0. The van der Waals surface area contributed by atoms with Gasteiger partial charge in [-0.1, -0.05) is 17.3 Å². The van der Waals surface area contributed by atoms with E-state index in [9.17, 15) is 4.79 Å². The summed E-state index contributed by atoms with van der Waals surface area (Å²) < 4.78 is 18.9. The van der Waals surface area contributed by atoms with Crippen molar-refractivity contribution < 1.29 is 18.8 Å². The van der Waals surface area contributed by atoms with Crippen LogP contribution < -0.4 is 10.1 Å². The molecule has 1 aliphatic heterocycles. The van der Waals surface area contributed by atoms with E-state index in [2.05, 4.69) is 15.6 Å². The minimum absolute atomic E-state index is 0.0862. The standard InChI is InChI=1S/C23H28N4O4/c1-15-12-16(2)27(25-15)13-19-17(3)31-26-22(19)23(28)24-20-9-4-5-10-21(20)30-14-18-8-6-7-11-29-18/h4-5,9-10,12,18H,6-8,11,13-14H2,1-3H3,(H,24,28). The van der Waals surface area contributed by atoms with Gasteiger partial charge in [-0.05, 0) is 58.2 Å². The fourth-order valence-corrected chi connectivity index (χ4v) is 3.74. The molecule has 31 heavy (non-hydrogen) atoms. The summed E-state index contributed by atoms with van der Waals surface area (Å²) in [6.45, 7) is 7.36. The Kier molecular flexibility index (Phi) is 6.36. The van der Waals surface area contributed by atoms with Crippen LogP contribution in [0, 0.1) is 20.8 Å². The van der Waals surface area contributed by atoms with Gasteiger partial charge in [0.05, 0.1) is 24.0 Å². The van der Waals surface area contributed by atoms with Crippen molar-refractivity contribution in [2.24, 2.45) is 0 Å². The van der Waals surface area contributed by atoms with Gasteiger partial charge in [-0.15, -0.1) is 0 Å². The number of para-hydroxylation sites is 2. The molecule has 0 spiro atoms. The molecule has 1 unspecified atom stereocenters. The van der Waals surface area contributed by atoms with Crippen LogP contribution in [0.4, 0.5) is 5.69 Å². The van der Waals surface area contributed by atoms with Crippen LogP contribution in [0.25, 0.3) is 0 Å². The van der Waals surface area contributed by atoms with Crippen LogP contribution in [-0.4, -0.2) is 40.2 Å². The monoisotopic (exact) mass is 424 g/mol. The van der Waals surface area contributed by atoms with Crippen molar-refractivity contribution in [3.8, 4) is 5.75 Å². The molecule has 3 heterocycles. The van der Waals surface area contributed by atoms with E-state index in [1.54, 1.807) is 6.92 Å². The molecule has 0 saturated carbocycles. The molecule has 1 atom stereocenters. The number of hydrogen-bond donors (Lipinski definition) is 1. The zero-order valence-electron chi connectivity index (χ0n) is 18.2. The van der Waals surface area contributed by atoms with Gasteiger partial charge < -0.3 is 19.3 Å². The molecule has 1 aliphatic rings. The maximum atomic E-state index is 13.0. The number of hydrogen-bond acceptors (Lipinski definition) is 6. The number of carbonyl (C=O) groups excluding carboxylic acids is 1. The number of rotatable bonds is 7. The molecular weight excluding hydrogens is 396 g/mol. The number of anilines is 1. The lowest BCUT2D eigenvalue weighted by atomic mass is 10.1. The molecule has 0 bridgehead atoms. The van der Waals surface area contributed by atoms with Crippen molar-refractivity contribution in [1.29, 1.82) is 0 Å². The Balaban J connectivity index is 1.48. The molecule has 3 aromatic rings. The van der Waals surface area contributed by atoms with E-state index < -0.39 is 0 Å². The zero-order chi connectivity index (χ0) is 21.8. The molecule has 1 fully saturated rings. The number of benzene rings is 1. The molecule has 1 aromatic carbocycles. The van der Waals surface area contributed by atoms with E-state index in [4.69, 9.17) is 14.0 Å². The first kappa shape index (κ1) is 21.1. The minimum atomic E-state index is -0.349. The van der Waals surface area contributed by atoms with E-state index in [0.29, 0.717) is 35.9 Å². The fraction of sp³-hybridized carbons (Fsp3) is 0.435. The summed E-state index contributed by atoms with van der Waals surface area (Å²) in [6, 6.07) is 9.36. The predicted octanol–water partition coefficient (Wildman–Crippen LogP) is 4.04. The summed E-state index contributed by atoms with van der Waals surface area (Å²) in [5.41, 5.74) is 3.47. The van der Waals surface area contributed by atoms with Gasteiger partial charge in [-0.3, -0.25) is 9.48 Å². The highest BCUT2D eigenvalue weighted by molar-refractivity contribution is 6.04. The van der Waals surface area contributed by atoms with Crippen molar-refractivity contribution in [2.75, 3.05) is 18.5 Å². The molecule has 0 radical (unpaired) electrons. The summed E-state index contributed by atoms with van der Waals surface area (Å²) in [5, 5.41) is 11.4. The molecule has 164 valence electrons. The van der Waals surface area contributed by atoms with Gasteiger partial charge in [0.2, 0.25) is 0 Å². The Morgan fingerprint density at radius 3 is 2.84 bits per heavy atom. The summed E-state index contributed by atoms with van der Waals surface area (Å²) in [4.78, 5) is 13.0. The molecule has 4 rings (SSSR count). The van der Waals surface area contributed by atoms with Crippen molar-refractivity contribution in [3.05, 3.63) is 58.7 Å². The Morgan fingerprint density at radius 2 is 2.10 bits per heavy atom. The van der Waals surface area contributed by atoms with Gasteiger partial charge in [0.15, 0.2) is 5.69 Å². The highest BCUT2D eigenvalue weighted by atomic mass is 16.5. The molecule has 8 heteroatoms. The number of carbonyl (C=O) groups is 1. The van der Waals surface area contributed by atoms with Crippen LogP contribution in [0.5, 0.6) is 5.75 Å². The number of aromatic nitrogens is 3. The summed E-state index contributed by atoms with van der Waals surface area (Å²) in [5.74, 6) is 0.848. The summed E-state index contributed by atoms with van der Waals surface area (Å²) >= 11 is 0. The minimum Gasteiger partial charge on any atom is -0.489 e. The quantitative estimate of drug-likeness (QED) is 0.615. The number of ether oxygens (including phenoxy) is 2. The topological polar surface area (TPSA) is 91.4 Å². The number of amides is 1. The molecule has 1 amide bonds. The molecule has 1 saturated heterocycles. The maximum Gasteiger partial charge on any atom is 0.278 e. The van der Waals surface area contributed by atoms with Crippen LogP contribution >= 0.6 is 0 Å². The zero-order valence-corrected chi connectivity index (χ0v) is 18.2. The Labute approximate surface area is 181 Å². The normalized spacial score (nSPS) is 16.3. The third kappa shape index (κ3) is 4.96. The Hall–Kier alpha value is -3.13. The number of aryl methyl sites for hydroxylation is 3. The van der Waals surface area contributed by atoms with Crippen LogP contribution in [0.2, 0.25) is 0 Å². The molecule has 2 aromatic heterocycles. The van der Waals surface area contributed by atoms with Crippen molar-refractivity contribution in [3.63, 3.8) is 0 Å². The molecule has 0 aliphatic carbocycles. The predicted molar refractivity (Wildman–Crippen MR) is 116 cm³/mol. The van der Waals surface area contributed by atoms with E-state index in [1.165, 1.54) is 0 Å². The second kappa shape index (κ2) is 9.34. The molecule has 8 nitrogen and oxygen atoms in total. The first-order valence-corrected chi connectivity index (χ1v) is 10.6. The third-order valence-corrected chi connectivity index (χ3v) is 5.44. The van der Waals surface area contributed by atoms with E-state index in [-0.39, 0.29) is 17.7 Å². The first-order chi connectivity index (χ1) is 15.0. The van der Waals surface area contributed by atoms with Crippen molar-refractivity contribution in [1.82, 2.24) is 14.9 Å². The Morgan fingerprint density at radius 1 is 1.26 bits per heavy atom. The lowest BCUT2D eigenvalue weighted by Gasteiger charge is -2.23. The van der Waals surface area contributed by atoms with Crippen LogP contribution in [0.3, 0.4) is 0 Å². The van der Waals surface area contributed by atoms with E-state index >= 15 is 0 Å². The molecule has 1 N–H and O–H groups in total. The van der Waals surface area contributed by atoms with Crippen LogP contribution in [0.1, 0.15) is 52.5 Å². The highest BCUT2D eigenvalue weighted by Crippen LogP contribution is 2.26. The highest BCUT2D eigenvalue weighted by Gasteiger charge is 2.22. The lowest BCUT2D eigenvalue weighted by molar-refractivity contribution is -0.0109. The summed E-state index contributed by atoms with van der Waals surface area (Å²) in [6.07, 6.45) is 3.32. The average molecular weight is 425 g/mol. The van der Waals surface area contributed by atoms with Crippen molar-refractivity contribution in [2.45, 2.75) is 52.7 Å². The largest absolute Gasteiger partial charge is 0.489 e. The smallest absolute Gasteiger partial charge is 0.278 e. The first-order valence-electron chi connectivity index (χ1n) is 10.6. The van der Waals surface area contributed by atoms with Crippen LogP contribution in [0.15, 0.2) is 34.9 Å². The van der Waals surface area contributed by atoms with Gasteiger partial charge in [-0.2, -0.15) is 5.10 Å². The van der Waals surface area contributed by atoms with Gasteiger partial charge >= 0.3 is 0 Å². The van der Waals surface area contributed by atoms with Gasteiger partial charge in [0, 0.05) is 17.9 Å². The lowest BCUT2D eigenvalue weighted by Crippen LogP contribution is -2.26. The number of nitrogens with zero attached hydrogens (tertiary/aromatic N) is 3. The van der Waals surface area contributed by atoms with E-state index in [1.807, 2.05) is 48.9 Å². The van der Waals surface area contributed by atoms with Gasteiger partial charge in [-0.25, -0.2) is 0 Å². The SMILES string of the molecule is Cc1cc(C)n(Cc2c(C(=O)Nc3ccccc3OCC3CCCCO3)noc2C)n1. The summed E-state index contributed by atoms with van der Waals surface area (Å²) in [7, 11) is 0. The second-order valence-corrected chi connectivity index (χ2v) is 7.90. The number of nitrogens with one attached hydrogen (secondary N) is 1. The van der Waals surface area contributed by atoms with Gasteiger partial charge in [0.25, 0.3) is 5.91 Å².